The van der Waals surface area contributed by atoms with Gasteiger partial charge in [-0.25, -0.2) is 0 Å². The molecule has 4 rings (SSSR count). The van der Waals surface area contributed by atoms with E-state index in [-0.39, 0.29) is 5.91 Å². The van der Waals surface area contributed by atoms with Gasteiger partial charge in [-0.05, 0) is 68.2 Å². The van der Waals surface area contributed by atoms with Crippen molar-refractivity contribution in [2.75, 3.05) is 13.7 Å². The predicted molar refractivity (Wildman–Crippen MR) is 141 cm³/mol. The quantitative estimate of drug-likeness (QED) is 0.287. The van der Waals surface area contributed by atoms with Crippen molar-refractivity contribution in [3.05, 3.63) is 89.2 Å². The van der Waals surface area contributed by atoms with Crippen LogP contribution in [0.2, 0.25) is 0 Å². The number of fused-ring (bicyclic) bond motifs is 1. The van der Waals surface area contributed by atoms with Crippen molar-refractivity contribution < 1.29 is 18.7 Å². The Hall–Kier alpha value is -3.99. The van der Waals surface area contributed by atoms with E-state index < -0.39 is 0 Å². The third-order valence-electron chi connectivity index (χ3n) is 6.05. The lowest BCUT2D eigenvalue weighted by molar-refractivity contribution is -0.116. The van der Waals surface area contributed by atoms with E-state index in [2.05, 4.69) is 43.4 Å². The fourth-order valence-corrected chi connectivity index (χ4v) is 4.22. The smallest absolute Gasteiger partial charge is 0.244 e. The summed E-state index contributed by atoms with van der Waals surface area (Å²) in [5, 5.41) is 3.94. The highest BCUT2D eigenvalue weighted by Gasteiger charge is 2.16. The Morgan fingerprint density at radius 3 is 2.49 bits per heavy atom. The van der Waals surface area contributed by atoms with E-state index in [1.54, 1.807) is 19.4 Å². The summed E-state index contributed by atoms with van der Waals surface area (Å²) in [6, 6.07) is 18.0. The van der Waals surface area contributed by atoms with Crippen LogP contribution in [0.15, 0.2) is 71.4 Å². The molecule has 0 bridgehead atoms. The topological polar surface area (TPSA) is 60.7 Å². The van der Waals surface area contributed by atoms with Crippen LogP contribution in [0, 0.1) is 13.8 Å². The third kappa shape index (κ3) is 5.40. The first-order chi connectivity index (χ1) is 16.9. The normalized spacial score (nSPS) is 11.5. The number of amides is 1. The minimum atomic E-state index is -0.164. The molecule has 0 atom stereocenters. The molecule has 1 heterocycles. The molecule has 3 aromatic carbocycles. The number of furan rings is 1. The number of nitrogens with one attached hydrogen (secondary N) is 1. The number of hydrogen-bond acceptors (Lipinski definition) is 4. The highest BCUT2D eigenvalue weighted by molar-refractivity contribution is 6.00. The average molecular weight is 470 g/mol. The summed E-state index contributed by atoms with van der Waals surface area (Å²) in [4.78, 5) is 12.7. The zero-order valence-electron chi connectivity index (χ0n) is 20.9. The van der Waals surface area contributed by atoms with E-state index in [1.165, 1.54) is 11.1 Å². The van der Waals surface area contributed by atoms with E-state index in [4.69, 9.17) is 13.9 Å². The lowest BCUT2D eigenvalue weighted by Gasteiger charge is -2.12. The molecule has 0 aliphatic rings. The Balaban J connectivity index is 1.64. The molecule has 1 N–H and O–H groups in total. The van der Waals surface area contributed by atoms with Gasteiger partial charge in [-0.15, -0.1) is 0 Å². The molecule has 0 radical (unpaired) electrons. The molecule has 1 amide bonds. The van der Waals surface area contributed by atoms with E-state index in [1.807, 2.05) is 44.2 Å². The number of allylic oxidation sites excluding steroid dienone is 1. The Labute approximate surface area is 206 Å². The van der Waals surface area contributed by atoms with Crippen LogP contribution in [0.5, 0.6) is 11.5 Å². The zero-order chi connectivity index (χ0) is 24.9. The summed E-state index contributed by atoms with van der Waals surface area (Å²) < 4.78 is 17.0. The molecule has 5 heteroatoms. The predicted octanol–water partition coefficient (Wildman–Crippen LogP) is 6.84. The lowest BCUT2D eigenvalue weighted by Crippen LogP contribution is -2.20. The summed E-state index contributed by atoms with van der Waals surface area (Å²) in [5.74, 6) is 1.31. The van der Waals surface area contributed by atoms with Gasteiger partial charge in [0, 0.05) is 35.2 Å². The van der Waals surface area contributed by atoms with Crippen LogP contribution in [-0.2, 0) is 11.3 Å². The Kier molecular flexibility index (Phi) is 7.25. The Morgan fingerprint density at radius 1 is 1.03 bits per heavy atom. The third-order valence-corrected chi connectivity index (χ3v) is 6.05. The summed E-state index contributed by atoms with van der Waals surface area (Å²) >= 11 is 0. The number of aryl methyl sites for hydroxylation is 2. The number of carbonyl (C=O) groups is 1. The fraction of sp³-hybridized carbons (Fsp3) is 0.233. The van der Waals surface area contributed by atoms with Crippen molar-refractivity contribution in [3.63, 3.8) is 0 Å². The lowest BCUT2D eigenvalue weighted by atomic mass is 9.96. The van der Waals surface area contributed by atoms with Gasteiger partial charge in [0.05, 0.1) is 20.0 Å². The van der Waals surface area contributed by atoms with E-state index in [9.17, 15) is 4.79 Å². The number of benzene rings is 3. The van der Waals surface area contributed by atoms with E-state index in [0.29, 0.717) is 18.9 Å². The number of rotatable bonds is 8. The van der Waals surface area contributed by atoms with Crippen molar-refractivity contribution in [3.8, 4) is 22.6 Å². The maximum atomic E-state index is 12.7. The Bertz CT molecular complexity index is 1380. The molecular weight excluding hydrogens is 438 g/mol. The van der Waals surface area contributed by atoms with Crippen molar-refractivity contribution in [1.29, 1.82) is 0 Å². The van der Waals surface area contributed by atoms with Crippen LogP contribution in [0.4, 0.5) is 0 Å². The van der Waals surface area contributed by atoms with Crippen molar-refractivity contribution in [2.24, 2.45) is 0 Å². The molecule has 4 aromatic rings. The minimum Gasteiger partial charge on any atom is -0.497 e. The van der Waals surface area contributed by atoms with Crippen LogP contribution in [-0.4, -0.2) is 19.6 Å². The van der Waals surface area contributed by atoms with E-state index in [0.717, 1.165) is 44.5 Å². The molecule has 0 aliphatic carbocycles. The van der Waals surface area contributed by atoms with Gasteiger partial charge in [0.2, 0.25) is 5.91 Å². The van der Waals surface area contributed by atoms with Crippen LogP contribution in [0.1, 0.15) is 36.1 Å². The first-order valence-corrected chi connectivity index (χ1v) is 11.7. The van der Waals surface area contributed by atoms with Crippen LogP contribution < -0.4 is 14.8 Å². The van der Waals surface area contributed by atoms with Gasteiger partial charge in [0.15, 0.2) is 0 Å². The molecule has 0 unspecified atom stereocenters. The second-order valence-corrected chi connectivity index (χ2v) is 8.64. The Morgan fingerprint density at radius 2 is 1.80 bits per heavy atom. The molecule has 0 saturated heterocycles. The highest BCUT2D eigenvalue weighted by Crippen LogP contribution is 2.38. The number of carbonyl (C=O) groups excluding carboxylic acids is 1. The molecule has 0 fully saturated rings. The molecular formula is C30H31NO4. The number of ether oxygens (including phenoxy) is 2. The average Bonchev–Trinajstić information content (AvgIpc) is 3.25. The van der Waals surface area contributed by atoms with Gasteiger partial charge in [0.25, 0.3) is 0 Å². The highest BCUT2D eigenvalue weighted by atomic mass is 16.5. The molecule has 1 aromatic heterocycles. The molecule has 35 heavy (non-hydrogen) atoms. The first kappa shape index (κ1) is 24.1. The summed E-state index contributed by atoms with van der Waals surface area (Å²) in [7, 11) is 1.63. The fourth-order valence-electron chi connectivity index (χ4n) is 4.22. The summed E-state index contributed by atoms with van der Waals surface area (Å²) in [6.45, 7) is 9.01. The van der Waals surface area contributed by atoms with Crippen LogP contribution >= 0.6 is 0 Å². The SMILES string of the molecule is CCOc1cc2occ(-c3ccc(C)cc3C)c2cc1/C(C)=C/C(=O)NCc1ccc(OC)cc1. The second-order valence-electron chi connectivity index (χ2n) is 8.64. The molecule has 0 aliphatic heterocycles. The number of methoxy groups -OCH3 is 1. The largest absolute Gasteiger partial charge is 0.497 e. The van der Waals surface area contributed by atoms with Crippen molar-refractivity contribution in [1.82, 2.24) is 5.32 Å². The first-order valence-electron chi connectivity index (χ1n) is 11.7. The van der Waals surface area contributed by atoms with Gasteiger partial charge < -0.3 is 19.2 Å². The van der Waals surface area contributed by atoms with Gasteiger partial charge in [-0.2, -0.15) is 0 Å². The molecule has 5 nitrogen and oxygen atoms in total. The van der Waals surface area contributed by atoms with Gasteiger partial charge in [0.1, 0.15) is 17.1 Å². The molecule has 180 valence electrons. The molecule has 0 spiro atoms. The summed E-state index contributed by atoms with van der Waals surface area (Å²) in [5.41, 5.74) is 8.00. The standard InChI is InChI=1S/C30H31NO4/c1-6-34-28-16-29-26(27(18-35-29)24-12-7-19(2)13-20(24)3)15-25(28)21(4)14-30(32)31-17-22-8-10-23(33-5)11-9-22/h7-16,18H,6,17H2,1-5H3,(H,31,32)/b21-14+. The number of hydrogen-bond donors (Lipinski definition) is 1. The van der Waals surface area contributed by atoms with Gasteiger partial charge in [-0.1, -0.05) is 35.9 Å². The summed E-state index contributed by atoms with van der Waals surface area (Å²) in [6.07, 6.45) is 3.41. The van der Waals surface area contributed by atoms with Crippen molar-refractivity contribution in [2.45, 2.75) is 34.2 Å². The van der Waals surface area contributed by atoms with Crippen LogP contribution in [0.25, 0.3) is 27.7 Å². The van der Waals surface area contributed by atoms with Crippen molar-refractivity contribution >= 4 is 22.4 Å². The van der Waals surface area contributed by atoms with E-state index >= 15 is 0 Å². The maximum absolute atomic E-state index is 12.7. The maximum Gasteiger partial charge on any atom is 0.244 e. The minimum absolute atomic E-state index is 0.164. The zero-order valence-corrected chi connectivity index (χ0v) is 20.9. The van der Waals surface area contributed by atoms with Gasteiger partial charge >= 0.3 is 0 Å². The second kappa shape index (κ2) is 10.5. The van der Waals surface area contributed by atoms with Crippen LogP contribution in [0.3, 0.4) is 0 Å². The molecule has 0 saturated carbocycles. The monoisotopic (exact) mass is 469 g/mol. The van der Waals surface area contributed by atoms with Gasteiger partial charge in [-0.3, -0.25) is 4.79 Å².